The molecule has 4 aromatic rings. The molecule has 0 radical (unpaired) electrons. The normalized spacial score (nSPS) is 16.1. The van der Waals surface area contributed by atoms with E-state index in [1.807, 2.05) is 0 Å². The molecule has 0 aliphatic carbocycles. The van der Waals surface area contributed by atoms with Gasteiger partial charge in [-0.15, -0.1) is 5.10 Å². The van der Waals surface area contributed by atoms with E-state index in [4.69, 9.17) is 0 Å². The molecule has 1 amide bonds. The minimum absolute atomic E-state index is 0.0356. The second kappa shape index (κ2) is 8.01. The highest BCUT2D eigenvalue weighted by Gasteiger charge is 2.28. The van der Waals surface area contributed by atoms with Crippen molar-refractivity contribution in [2.75, 3.05) is 13.2 Å². The van der Waals surface area contributed by atoms with Crippen LogP contribution in [0.15, 0.2) is 59.5 Å². The fourth-order valence-corrected chi connectivity index (χ4v) is 4.10. The SMILES string of the molecule is O=C(c1ccc(-n2cc(-c3cc4cc(F)ccc4[nH]c3=O)nn2)cc1)N1CCC[C@H]1CO. The summed E-state index contributed by atoms with van der Waals surface area (Å²) >= 11 is 0. The molecule has 1 atom stereocenters. The molecule has 2 N–H and O–H groups in total. The Morgan fingerprint density at radius 1 is 1.19 bits per heavy atom. The first kappa shape index (κ1) is 20.1. The molecule has 1 aliphatic rings. The summed E-state index contributed by atoms with van der Waals surface area (Å²) in [7, 11) is 0. The van der Waals surface area contributed by atoms with Gasteiger partial charge in [0.2, 0.25) is 0 Å². The summed E-state index contributed by atoms with van der Waals surface area (Å²) in [6, 6.07) is 12.5. The fourth-order valence-electron chi connectivity index (χ4n) is 4.10. The van der Waals surface area contributed by atoms with E-state index in [2.05, 4.69) is 15.3 Å². The van der Waals surface area contributed by atoms with E-state index < -0.39 is 5.82 Å². The summed E-state index contributed by atoms with van der Waals surface area (Å²) in [5.41, 5.74) is 2.02. The Labute approximate surface area is 181 Å². The molecular formula is C23H20FN5O3. The number of fused-ring (bicyclic) bond motifs is 1. The van der Waals surface area contributed by atoms with Crippen molar-refractivity contribution in [2.24, 2.45) is 0 Å². The molecule has 0 unspecified atom stereocenters. The van der Waals surface area contributed by atoms with Gasteiger partial charge in [-0.3, -0.25) is 9.59 Å². The van der Waals surface area contributed by atoms with Crippen molar-refractivity contribution in [1.29, 1.82) is 0 Å². The standard InChI is InChI=1S/C23H20FN5O3/c24-16-5-8-20-15(10-16)11-19(22(31)25-20)21-12-29(27-26-21)17-6-3-14(4-7-17)23(32)28-9-1-2-18(28)13-30/h3-8,10-12,18,30H,1-2,9,13H2,(H,25,31)/t18-/m0/s1. The molecule has 5 rings (SSSR count). The zero-order valence-electron chi connectivity index (χ0n) is 17.0. The number of hydrogen-bond acceptors (Lipinski definition) is 5. The number of hydrogen-bond donors (Lipinski definition) is 2. The first-order valence-electron chi connectivity index (χ1n) is 10.3. The number of aromatic nitrogens is 4. The fraction of sp³-hybridized carbons (Fsp3) is 0.217. The highest BCUT2D eigenvalue weighted by atomic mass is 19.1. The maximum absolute atomic E-state index is 13.6. The third kappa shape index (κ3) is 3.56. The summed E-state index contributed by atoms with van der Waals surface area (Å²) in [4.78, 5) is 29.6. The van der Waals surface area contributed by atoms with Crippen LogP contribution in [0.2, 0.25) is 0 Å². The van der Waals surface area contributed by atoms with Crippen LogP contribution in [-0.4, -0.2) is 55.1 Å². The third-order valence-electron chi connectivity index (χ3n) is 5.80. The van der Waals surface area contributed by atoms with Gasteiger partial charge in [-0.1, -0.05) is 5.21 Å². The second-order valence-electron chi connectivity index (χ2n) is 7.82. The predicted octanol–water partition coefficient (Wildman–Crippen LogP) is 2.51. The number of nitrogens with one attached hydrogen (secondary N) is 1. The molecule has 8 nitrogen and oxygen atoms in total. The lowest BCUT2D eigenvalue weighted by atomic mass is 10.1. The van der Waals surface area contributed by atoms with Crippen LogP contribution in [0, 0.1) is 5.82 Å². The van der Waals surface area contributed by atoms with Gasteiger partial charge in [0, 0.05) is 23.0 Å². The van der Waals surface area contributed by atoms with E-state index in [0.717, 1.165) is 12.8 Å². The highest BCUT2D eigenvalue weighted by Crippen LogP contribution is 2.22. The van der Waals surface area contributed by atoms with E-state index in [0.29, 0.717) is 34.4 Å². The predicted molar refractivity (Wildman–Crippen MR) is 116 cm³/mol. The molecule has 1 saturated heterocycles. The molecular weight excluding hydrogens is 413 g/mol. The number of aliphatic hydroxyl groups excluding tert-OH is 1. The first-order chi connectivity index (χ1) is 15.5. The Balaban J connectivity index is 1.41. The highest BCUT2D eigenvalue weighted by molar-refractivity contribution is 5.94. The Morgan fingerprint density at radius 3 is 2.78 bits per heavy atom. The molecule has 0 bridgehead atoms. The van der Waals surface area contributed by atoms with Crippen molar-refractivity contribution in [3.8, 4) is 16.9 Å². The van der Waals surface area contributed by atoms with Crippen LogP contribution in [0.5, 0.6) is 0 Å². The summed E-state index contributed by atoms with van der Waals surface area (Å²) in [5.74, 6) is -0.504. The van der Waals surface area contributed by atoms with Gasteiger partial charge in [0.25, 0.3) is 11.5 Å². The number of rotatable bonds is 4. The van der Waals surface area contributed by atoms with E-state index in [1.165, 1.54) is 22.9 Å². The van der Waals surface area contributed by atoms with Crippen molar-refractivity contribution in [3.05, 3.63) is 76.5 Å². The lowest BCUT2D eigenvalue weighted by molar-refractivity contribution is 0.0677. The van der Waals surface area contributed by atoms with E-state index in [1.54, 1.807) is 41.4 Å². The molecule has 9 heteroatoms. The average molecular weight is 433 g/mol. The molecule has 2 aromatic carbocycles. The van der Waals surface area contributed by atoms with Crippen molar-refractivity contribution in [3.63, 3.8) is 0 Å². The Bertz CT molecular complexity index is 1360. The number of carbonyl (C=O) groups is 1. The number of aliphatic hydroxyl groups is 1. The Kier molecular flexibility index (Phi) is 5.02. The average Bonchev–Trinajstić information content (AvgIpc) is 3.48. The van der Waals surface area contributed by atoms with Gasteiger partial charge in [0.05, 0.1) is 30.1 Å². The topological polar surface area (TPSA) is 104 Å². The van der Waals surface area contributed by atoms with Gasteiger partial charge in [-0.25, -0.2) is 9.07 Å². The number of likely N-dealkylation sites (tertiary alicyclic amines) is 1. The van der Waals surface area contributed by atoms with E-state index in [-0.39, 0.29) is 29.7 Å². The number of nitrogens with zero attached hydrogens (tertiary/aromatic N) is 4. The second-order valence-corrected chi connectivity index (χ2v) is 7.82. The molecule has 0 spiro atoms. The zero-order valence-corrected chi connectivity index (χ0v) is 17.0. The molecule has 162 valence electrons. The smallest absolute Gasteiger partial charge is 0.258 e. The molecule has 3 heterocycles. The third-order valence-corrected chi connectivity index (χ3v) is 5.80. The van der Waals surface area contributed by atoms with Gasteiger partial charge in [-0.05, 0) is 61.4 Å². The van der Waals surface area contributed by atoms with Crippen LogP contribution in [0.1, 0.15) is 23.2 Å². The van der Waals surface area contributed by atoms with E-state index >= 15 is 0 Å². The molecule has 0 saturated carbocycles. The molecule has 1 fully saturated rings. The van der Waals surface area contributed by atoms with Gasteiger partial charge in [-0.2, -0.15) is 0 Å². The van der Waals surface area contributed by atoms with Crippen molar-refractivity contribution in [2.45, 2.75) is 18.9 Å². The molecule has 2 aromatic heterocycles. The number of benzene rings is 2. The molecule has 32 heavy (non-hydrogen) atoms. The monoisotopic (exact) mass is 433 g/mol. The number of carbonyl (C=O) groups excluding carboxylic acids is 1. The summed E-state index contributed by atoms with van der Waals surface area (Å²) in [5, 5.41) is 18.2. The number of H-pyrrole nitrogens is 1. The van der Waals surface area contributed by atoms with Gasteiger partial charge in [0.1, 0.15) is 11.5 Å². The van der Waals surface area contributed by atoms with E-state index in [9.17, 15) is 19.1 Å². The van der Waals surface area contributed by atoms with Gasteiger partial charge < -0.3 is 15.0 Å². The maximum atomic E-state index is 13.6. The molecule has 1 aliphatic heterocycles. The Hall–Kier alpha value is -3.85. The van der Waals surface area contributed by atoms with Gasteiger partial charge >= 0.3 is 0 Å². The van der Waals surface area contributed by atoms with Crippen molar-refractivity contribution < 1.29 is 14.3 Å². The number of aromatic amines is 1. The lowest BCUT2D eigenvalue weighted by Gasteiger charge is -2.23. The zero-order chi connectivity index (χ0) is 22.2. The number of pyridine rings is 1. The minimum atomic E-state index is -0.395. The Morgan fingerprint density at radius 2 is 2.00 bits per heavy atom. The van der Waals surface area contributed by atoms with Crippen molar-refractivity contribution >= 4 is 16.8 Å². The largest absolute Gasteiger partial charge is 0.394 e. The van der Waals surface area contributed by atoms with Crippen LogP contribution in [0.3, 0.4) is 0 Å². The maximum Gasteiger partial charge on any atom is 0.258 e. The summed E-state index contributed by atoms with van der Waals surface area (Å²) < 4.78 is 15.1. The van der Waals surface area contributed by atoms with Crippen molar-refractivity contribution in [1.82, 2.24) is 24.9 Å². The van der Waals surface area contributed by atoms with Crippen LogP contribution in [-0.2, 0) is 0 Å². The lowest BCUT2D eigenvalue weighted by Crippen LogP contribution is -2.37. The van der Waals surface area contributed by atoms with Crippen LogP contribution < -0.4 is 5.56 Å². The number of amides is 1. The first-order valence-corrected chi connectivity index (χ1v) is 10.3. The quantitative estimate of drug-likeness (QED) is 0.515. The number of halogens is 1. The summed E-state index contributed by atoms with van der Waals surface area (Å²) in [6.45, 7) is 0.606. The van der Waals surface area contributed by atoms with Crippen LogP contribution in [0.4, 0.5) is 4.39 Å². The summed E-state index contributed by atoms with van der Waals surface area (Å²) in [6.07, 6.45) is 3.30. The minimum Gasteiger partial charge on any atom is -0.394 e. The van der Waals surface area contributed by atoms with Crippen LogP contribution >= 0.6 is 0 Å². The van der Waals surface area contributed by atoms with Crippen LogP contribution in [0.25, 0.3) is 27.8 Å². The van der Waals surface area contributed by atoms with Gasteiger partial charge in [0.15, 0.2) is 0 Å².